The zero-order valence-electron chi connectivity index (χ0n) is 19.5. The van der Waals surface area contributed by atoms with E-state index in [0.717, 1.165) is 11.3 Å². The second-order valence-corrected chi connectivity index (χ2v) is 8.74. The summed E-state index contributed by atoms with van der Waals surface area (Å²) in [6, 6.07) is 9.97. The summed E-state index contributed by atoms with van der Waals surface area (Å²) in [6.07, 6.45) is 3.31. The molecule has 1 N–H and O–H groups in total. The Bertz CT molecular complexity index is 1460. The number of anilines is 1. The molecule has 0 spiro atoms. The summed E-state index contributed by atoms with van der Waals surface area (Å²) in [5.41, 5.74) is 3.11. The van der Waals surface area contributed by atoms with E-state index in [-0.39, 0.29) is 11.7 Å². The van der Waals surface area contributed by atoms with Gasteiger partial charge < -0.3 is 9.73 Å². The molecule has 0 bridgehead atoms. The maximum absolute atomic E-state index is 13.9. The van der Waals surface area contributed by atoms with Crippen molar-refractivity contribution in [2.75, 3.05) is 11.1 Å². The van der Waals surface area contributed by atoms with Gasteiger partial charge in [-0.1, -0.05) is 23.9 Å². The number of hydrogen-bond acceptors (Lipinski definition) is 6. The lowest BCUT2D eigenvalue weighted by Crippen LogP contribution is -2.18. The number of aryl methyl sites for hydroxylation is 1. The summed E-state index contributed by atoms with van der Waals surface area (Å²) >= 11 is 1.21. The number of amides is 1. The Labute approximate surface area is 206 Å². The lowest BCUT2D eigenvalue weighted by molar-refractivity contribution is -0.113. The van der Waals surface area contributed by atoms with E-state index in [9.17, 15) is 14.4 Å². The Morgan fingerprint density at radius 3 is 2.77 bits per heavy atom. The van der Waals surface area contributed by atoms with E-state index in [0.29, 0.717) is 45.9 Å². The number of carbonyl (C=O) groups is 1. The van der Waals surface area contributed by atoms with Crippen LogP contribution in [-0.4, -0.2) is 31.0 Å². The summed E-state index contributed by atoms with van der Waals surface area (Å²) in [5, 5.41) is 21.6. The fourth-order valence-electron chi connectivity index (χ4n) is 3.80. The van der Waals surface area contributed by atoms with Gasteiger partial charge in [-0.3, -0.25) is 13.9 Å². The molecule has 1 aromatic carbocycles. The van der Waals surface area contributed by atoms with Crippen LogP contribution in [0, 0.1) is 37.9 Å². The average molecular weight is 491 g/mol. The quantitative estimate of drug-likeness (QED) is 0.270. The number of furan rings is 1. The molecule has 10 heteroatoms. The third-order valence-electron chi connectivity index (χ3n) is 5.61. The van der Waals surface area contributed by atoms with Gasteiger partial charge in [0.25, 0.3) is 0 Å². The van der Waals surface area contributed by atoms with Gasteiger partial charge >= 0.3 is 0 Å². The molecule has 4 aromatic rings. The number of nitrogens with zero attached hydrogens (tertiary/aromatic N) is 5. The van der Waals surface area contributed by atoms with Gasteiger partial charge in [-0.25, -0.2) is 4.39 Å². The highest BCUT2D eigenvalue weighted by atomic mass is 32.2. The maximum atomic E-state index is 13.9. The highest BCUT2D eigenvalue weighted by Crippen LogP contribution is 2.31. The van der Waals surface area contributed by atoms with Crippen molar-refractivity contribution in [1.82, 2.24) is 19.3 Å². The van der Waals surface area contributed by atoms with Crippen LogP contribution in [0.15, 0.2) is 58.8 Å². The van der Waals surface area contributed by atoms with E-state index in [2.05, 4.69) is 28.2 Å². The van der Waals surface area contributed by atoms with Gasteiger partial charge in [0.2, 0.25) is 5.91 Å². The first-order valence-corrected chi connectivity index (χ1v) is 11.7. The van der Waals surface area contributed by atoms with E-state index in [1.165, 1.54) is 23.9 Å². The molecule has 8 nitrogen and oxygen atoms in total. The molecule has 0 fully saturated rings. The molecule has 0 aliphatic rings. The van der Waals surface area contributed by atoms with Crippen molar-refractivity contribution in [2.24, 2.45) is 0 Å². The topological polar surface area (TPSA) is 102 Å². The molecule has 0 unspecified atom stereocenters. The molecule has 0 aliphatic carbocycles. The fourth-order valence-corrected chi connectivity index (χ4v) is 4.55. The predicted octanol–water partition coefficient (Wildman–Crippen LogP) is 5.18. The van der Waals surface area contributed by atoms with Crippen molar-refractivity contribution in [3.05, 3.63) is 77.6 Å². The van der Waals surface area contributed by atoms with Gasteiger partial charge in [-0.2, -0.15) is 5.26 Å². The largest absolute Gasteiger partial charge is 0.469 e. The summed E-state index contributed by atoms with van der Waals surface area (Å²) in [7, 11) is 0. The number of allylic oxidation sites excluding steroid dienone is 1. The van der Waals surface area contributed by atoms with Gasteiger partial charge in [0.1, 0.15) is 23.5 Å². The van der Waals surface area contributed by atoms with E-state index in [1.54, 1.807) is 36.0 Å². The molecule has 1 amide bonds. The number of carbonyl (C=O) groups excluding carboxylic acids is 1. The van der Waals surface area contributed by atoms with Crippen LogP contribution in [0.25, 0.3) is 17.1 Å². The van der Waals surface area contributed by atoms with Crippen molar-refractivity contribution in [2.45, 2.75) is 32.5 Å². The molecule has 4 rings (SSSR count). The van der Waals surface area contributed by atoms with Crippen LogP contribution in [-0.2, 0) is 11.3 Å². The van der Waals surface area contributed by atoms with Crippen LogP contribution >= 0.6 is 11.8 Å². The monoisotopic (exact) mass is 490 g/mol. The first-order chi connectivity index (χ1) is 16.8. The molecule has 0 radical (unpaired) electrons. The minimum Gasteiger partial charge on any atom is -0.469 e. The van der Waals surface area contributed by atoms with Crippen molar-refractivity contribution in [3.8, 4) is 23.1 Å². The third-order valence-corrected chi connectivity index (χ3v) is 6.58. The van der Waals surface area contributed by atoms with Crippen LogP contribution in [0.1, 0.15) is 22.6 Å². The van der Waals surface area contributed by atoms with Crippen molar-refractivity contribution >= 4 is 23.5 Å². The molecular formula is C25H23FN6O2S. The SMILES string of the molecule is C=CCn1c(SCC(=O)Nc2c(C#N)c(C)c(C)n2-c2cccc(F)c2)nnc1-c1ccoc1C. The standard InChI is InChI=1S/C25H23FN6O2S/c1-5-10-31-24(20-9-11-34-17(20)4)29-30-25(31)35-14-22(33)28-23-21(13-27)15(2)16(3)32(23)19-8-6-7-18(26)12-19/h5-9,11-12H,1,10,14H2,2-4H3,(H,28,33). The Balaban J connectivity index is 1.59. The van der Waals surface area contributed by atoms with Gasteiger partial charge in [0, 0.05) is 12.2 Å². The predicted molar refractivity (Wildman–Crippen MR) is 132 cm³/mol. The molecule has 178 valence electrons. The third kappa shape index (κ3) is 4.63. The zero-order valence-corrected chi connectivity index (χ0v) is 20.3. The summed E-state index contributed by atoms with van der Waals surface area (Å²) < 4.78 is 22.8. The Hall–Kier alpha value is -4.10. The van der Waals surface area contributed by atoms with Gasteiger partial charge in [0.15, 0.2) is 11.0 Å². The Kier molecular flexibility index (Phi) is 6.89. The Morgan fingerprint density at radius 2 is 2.11 bits per heavy atom. The number of thioether (sulfide) groups is 1. The zero-order chi connectivity index (χ0) is 25.1. The van der Waals surface area contributed by atoms with Gasteiger partial charge in [-0.05, 0) is 50.6 Å². The Morgan fingerprint density at radius 1 is 1.31 bits per heavy atom. The van der Waals surface area contributed by atoms with Crippen LogP contribution in [0.5, 0.6) is 0 Å². The molecule has 0 saturated carbocycles. The fraction of sp³-hybridized carbons (Fsp3) is 0.200. The van der Waals surface area contributed by atoms with Crippen LogP contribution < -0.4 is 5.32 Å². The number of nitriles is 1. The molecule has 0 aliphatic heterocycles. The molecular weight excluding hydrogens is 467 g/mol. The number of aromatic nitrogens is 4. The molecule has 3 heterocycles. The van der Waals surface area contributed by atoms with Crippen molar-refractivity contribution in [1.29, 1.82) is 5.26 Å². The highest BCUT2D eigenvalue weighted by molar-refractivity contribution is 7.99. The van der Waals surface area contributed by atoms with Crippen LogP contribution in [0.4, 0.5) is 10.2 Å². The normalized spacial score (nSPS) is 10.8. The van der Waals surface area contributed by atoms with E-state index >= 15 is 0 Å². The molecule has 0 saturated heterocycles. The number of hydrogen-bond donors (Lipinski definition) is 1. The van der Waals surface area contributed by atoms with Crippen LogP contribution in [0.3, 0.4) is 0 Å². The first kappa shape index (κ1) is 24.0. The van der Waals surface area contributed by atoms with Crippen molar-refractivity contribution in [3.63, 3.8) is 0 Å². The maximum Gasteiger partial charge on any atom is 0.236 e. The number of benzene rings is 1. The number of nitrogens with one attached hydrogen (secondary N) is 1. The highest BCUT2D eigenvalue weighted by Gasteiger charge is 2.22. The average Bonchev–Trinajstić information content (AvgIpc) is 3.49. The lowest BCUT2D eigenvalue weighted by atomic mass is 10.2. The van der Waals surface area contributed by atoms with Gasteiger partial charge in [-0.15, -0.1) is 16.8 Å². The van der Waals surface area contributed by atoms with Crippen LogP contribution in [0.2, 0.25) is 0 Å². The smallest absolute Gasteiger partial charge is 0.236 e. The second kappa shape index (κ2) is 10.0. The van der Waals surface area contributed by atoms with E-state index in [1.807, 2.05) is 24.5 Å². The van der Waals surface area contributed by atoms with Crippen molar-refractivity contribution < 1.29 is 13.6 Å². The molecule has 0 atom stereocenters. The number of rotatable bonds is 8. The summed E-state index contributed by atoms with van der Waals surface area (Å²) in [6.45, 7) is 9.71. The minimum absolute atomic E-state index is 0.0247. The number of halogens is 1. The molecule has 3 aromatic heterocycles. The first-order valence-electron chi connectivity index (χ1n) is 10.7. The van der Waals surface area contributed by atoms with E-state index in [4.69, 9.17) is 4.42 Å². The second-order valence-electron chi connectivity index (χ2n) is 7.79. The lowest BCUT2D eigenvalue weighted by Gasteiger charge is -2.13. The molecule has 35 heavy (non-hydrogen) atoms. The van der Waals surface area contributed by atoms with E-state index < -0.39 is 5.82 Å². The van der Waals surface area contributed by atoms with Gasteiger partial charge in [0.05, 0.1) is 28.8 Å². The summed E-state index contributed by atoms with van der Waals surface area (Å²) in [4.78, 5) is 13.0. The summed E-state index contributed by atoms with van der Waals surface area (Å²) in [5.74, 6) is 0.917. The minimum atomic E-state index is -0.412.